The van der Waals surface area contributed by atoms with Gasteiger partial charge in [0, 0.05) is 22.2 Å². The molecule has 0 saturated heterocycles. The zero-order valence-corrected chi connectivity index (χ0v) is 14.8. The molecule has 1 atom stereocenters. The van der Waals surface area contributed by atoms with E-state index in [4.69, 9.17) is 4.74 Å². The van der Waals surface area contributed by atoms with Crippen LogP contribution in [-0.4, -0.2) is 23.3 Å². The Hall–Kier alpha value is -3.15. The molecule has 1 aromatic heterocycles. The van der Waals surface area contributed by atoms with Gasteiger partial charge < -0.3 is 15.0 Å². The summed E-state index contributed by atoms with van der Waals surface area (Å²) in [6.07, 6.45) is 1.27. The molecule has 0 spiro atoms. The van der Waals surface area contributed by atoms with Gasteiger partial charge in [-0.05, 0) is 44.0 Å². The summed E-state index contributed by atoms with van der Waals surface area (Å²) in [4.78, 5) is 28.7. The van der Waals surface area contributed by atoms with Crippen molar-refractivity contribution in [2.75, 3.05) is 6.61 Å². The SMILES string of the molecule is Cc1[nH]c2ccccc2c1C(=O)C(=O)NC1CCCOc2ccc(F)cc21. The number of rotatable bonds is 3. The average Bonchev–Trinajstić information content (AvgIpc) is 2.87. The maximum atomic E-state index is 13.7. The Morgan fingerprint density at radius 2 is 2.04 bits per heavy atom. The molecule has 2 N–H and O–H groups in total. The highest BCUT2D eigenvalue weighted by atomic mass is 19.1. The predicted molar refractivity (Wildman–Crippen MR) is 99.4 cm³/mol. The van der Waals surface area contributed by atoms with Gasteiger partial charge in [0.2, 0.25) is 0 Å². The fourth-order valence-electron chi connectivity index (χ4n) is 3.60. The molecule has 5 nitrogen and oxygen atoms in total. The van der Waals surface area contributed by atoms with Crippen LogP contribution in [0.15, 0.2) is 42.5 Å². The molecular weight excluding hydrogens is 347 g/mol. The second-order valence-electron chi connectivity index (χ2n) is 6.70. The van der Waals surface area contributed by atoms with Gasteiger partial charge in [-0.1, -0.05) is 18.2 Å². The number of fused-ring (bicyclic) bond motifs is 2. The molecule has 1 amide bonds. The monoisotopic (exact) mass is 366 g/mol. The first-order valence-electron chi connectivity index (χ1n) is 8.89. The molecule has 2 heterocycles. The highest BCUT2D eigenvalue weighted by Crippen LogP contribution is 2.32. The molecule has 138 valence electrons. The molecular formula is C21H19FN2O3. The minimum Gasteiger partial charge on any atom is -0.493 e. The van der Waals surface area contributed by atoms with Crippen molar-refractivity contribution in [3.63, 3.8) is 0 Å². The van der Waals surface area contributed by atoms with E-state index in [0.29, 0.717) is 47.4 Å². The molecule has 6 heteroatoms. The largest absolute Gasteiger partial charge is 0.493 e. The highest BCUT2D eigenvalue weighted by Gasteiger charge is 2.27. The zero-order valence-electron chi connectivity index (χ0n) is 14.8. The van der Waals surface area contributed by atoms with Crippen molar-refractivity contribution in [3.05, 3.63) is 65.1 Å². The van der Waals surface area contributed by atoms with Gasteiger partial charge in [0.25, 0.3) is 11.7 Å². The third-order valence-electron chi connectivity index (χ3n) is 4.87. The first-order valence-corrected chi connectivity index (χ1v) is 8.89. The first kappa shape index (κ1) is 17.3. The van der Waals surface area contributed by atoms with Crippen LogP contribution in [-0.2, 0) is 4.79 Å². The molecule has 3 aromatic rings. The van der Waals surface area contributed by atoms with E-state index in [-0.39, 0.29) is 0 Å². The number of aromatic amines is 1. The standard InChI is InChI=1S/C21H19FN2O3/c1-12-19(14-5-2-3-6-16(14)23-12)20(25)21(26)24-17-7-4-10-27-18-9-8-13(22)11-15(17)18/h2-3,5-6,8-9,11,17,23H,4,7,10H2,1H3,(H,24,26). The molecule has 1 aliphatic rings. The second kappa shape index (κ2) is 6.87. The summed E-state index contributed by atoms with van der Waals surface area (Å²) in [7, 11) is 0. The van der Waals surface area contributed by atoms with Crippen LogP contribution in [0.3, 0.4) is 0 Å². The van der Waals surface area contributed by atoms with Crippen LogP contribution in [0.2, 0.25) is 0 Å². The lowest BCUT2D eigenvalue weighted by Gasteiger charge is -2.18. The van der Waals surface area contributed by atoms with Gasteiger partial charge in [-0.25, -0.2) is 4.39 Å². The Balaban J connectivity index is 1.63. The van der Waals surface area contributed by atoms with E-state index in [9.17, 15) is 14.0 Å². The van der Waals surface area contributed by atoms with E-state index in [1.807, 2.05) is 24.3 Å². The lowest BCUT2D eigenvalue weighted by molar-refractivity contribution is -0.117. The minimum atomic E-state index is -0.704. The van der Waals surface area contributed by atoms with Gasteiger partial charge in [-0.3, -0.25) is 9.59 Å². The summed E-state index contributed by atoms with van der Waals surface area (Å²) in [5, 5.41) is 3.49. The number of hydrogen-bond acceptors (Lipinski definition) is 3. The molecule has 1 aliphatic heterocycles. The number of amides is 1. The van der Waals surface area contributed by atoms with Crippen LogP contribution in [0.1, 0.15) is 40.5 Å². The summed E-state index contributed by atoms with van der Waals surface area (Å²) in [5.41, 5.74) is 2.38. The Bertz CT molecular complexity index is 1040. The Labute approximate surface area is 155 Å². The number of carbonyl (C=O) groups is 2. The molecule has 0 radical (unpaired) electrons. The van der Waals surface area contributed by atoms with Crippen molar-refractivity contribution in [1.82, 2.24) is 10.3 Å². The highest BCUT2D eigenvalue weighted by molar-refractivity contribution is 6.45. The Morgan fingerprint density at radius 1 is 1.22 bits per heavy atom. The zero-order chi connectivity index (χ0) is 19.0. The number of ketones is 1. The van der Waals surface area contributed by atoms with E-state index in [1.165, 1.54) is 12.1 Å². The predicted octanol–water partition coefficient (Wildman–Crippen LogP) is 3.83. The maximum Gasteiger partial charge on any atom is 0.292 e. The lowest BCUT2D eigenvalue weighted by Crippen LogP contribution is -2.34. The van der Waals surface area contributed by atoms with Gasteiger partial charge in [-0.15, -0.1) is 0 Å². The van der Waals surface area contributed by atoms with Crippen LogP contribution < -0.4 is 10.1 Å². The molecule has 0 bridgehead atoms. The van der Waals surface area contributed by atoms with Crippen LogP contribution in [0.4, 0.5) is 4.39 Å². The number of ether oxygens (including phenoxy) is 1. The van der Waals surface area contributed by atoms with Gasteiger partial charge in [0.1, 0.15) is 11.6 Å². The van der Waals surface area contributed by atoms with Crippen molar-refractivity contribution in [1.29, 1.82) is 0 Å². The molecule has 0 aliphatic carbocycles. The summed E-state index contributed by atoms with van der Waals surface area (Å²) >= 11 is 0. The summed E-state index contributed by atoms with van der Waals surface area (Å²) < 4.78 is 19.3. The molecule has 0 saturated carbocycles. The topological polar surface area (TPSA) is 71.2 Å². The summed E-state index contributed by atoms with van der Waals surface area (Å²) in [6.45, 7) is 2.26. The number of hydrogen-bond donors (Lipinski definition) is 2. The summed E-state index contributed by atoms with van der Waals surface area (Å²) in [5.74, 6) is -1.18. The maximum absolute atomic E-state index is 13.7. The number of H-pyrrole nitrogens is 1. The van der Waals surface area contributed by atoms with Crippen LogP contribution in [0.5, 0.6) is 5.75 Å². The fourth-order valence-corrected chi connectivity index (χ4v) is 3.60. The van der Waals surface area contributed by atoms with Gasteiger partial charge >= 0.3 is 0 Å². The van der Waals surface area contributed by atoms with Crippen molar-refractivity contribution in [2.45, 2.75) is 25.8 Å². The number of para-hydroxylation sites is 1. The normalized spacial score (nSPS) is 16.3. The quantitative estimate of drug-likeness (QED) is 0.547. The molecule has 2 aromatic carbocycles. The average molecular weight is 366 g/mol. The Kier molecular flexibility index (Phi) is 4.39. The van der Waals surface area contributed by atoms with Crippen molar-refractivity contribution < 1.29 is 18.7 Å². The third-order valence-corrected chi connectivity index (χ3v) is 4.87. The second-order valence-corrected chi connectivity index (χ2v) is 6.70. The number of carbonyl (C=O) groups excluding carboxylic acids is 2. The van der Waals surface area contributed by atoms with Crippen LogP contribution >= 0.6 is 0 Å². The van der Waals surface area contributed by atoms with E-state index < -0.39 is 23.5 Å². The van der Waals surface area contributed by atoms with Crippen molar-refractivity contribution in [3.8, 4) is 5.75 Å². The van der Waals surface area contributed by atoms with E-state index in [0.717, 1.165) is 5.52 Å². The smallest absolute Gasteiger partial charge is 0.292 e. The first-order chi connectivity index (χ1) is 13.0. The van der Waals surface area contributed by atoms with Crippen molar-refractivity contribution >= 4 is 22.6 Å². The molecule has 1 unspecified atom stereocenters. The molecule has 0 fully saturated rings. The van der Waals surface area contributed by atoms with Gasteiger partial charge in [-0.2, -0.15) is 0 Å². The Morgan fingerprint density at radius 3 is 2.89 bits per heavy atom. The van der Waals surface area contributed by atoms with Gasteiger partial charge in [0.05, 0.1) is 18.2 Å². The summed E-state index contributed by atoms with van der Waals surface area (Å²) in [6, 6.07) is 11.1. The van der Waals surface area contributed by atoms with Gasteiger partial charge in [0.15, 0.2) is 0 Å². The minimum absolute atomic E-state index is 0.368. The molecule has 4 rings (SSSR count). The number of nitrogens with one attached hydrogen (secondary N) is 2. The number of benzene rings is 2. The lowest BCUT2D eigenvalue weighted by atomic mass is 10.0. The van der Waals surface area contributed by atoms with E-state index in [1.54, 1.807) is 13.0 Å². The van der Waals surface area contributed by atoms with E-state index in [2.05, 4.69) is 10.3 Å². The van der Waals surface area contributed by atoms with Crippen LogP contribution in [0, 0.1) is 12.7 Å². The number of halogens is 1. The molecule has 27 heavy (non-hydrogen) atoms. The van der Waals surface area contributed by atoms with E-state index >= 15 is 0 Å². The number of aryl methyl sites for hydroxylation is 1. The van der Waals surface area contributed by atoms with Crippen LogP contribution in [0.25, 0.3) is 10.9 Å². The number of aromatic nitrogens is 1. The van der Waals surface area contributed by atoms with Crippen molar-refractivity contribution in [2.24, 2.45) is 0 Å². The number of Topliss-reactive ketones (excluding diaryl/α,β-unsaturated/α-hetero) is 1. The third kappa shape index (κ3) is 3.18. The fraction of sp³-hybridized carbons (Fsp3) is 0.238.